The molecule has 4 heteroatoms. The summed E-state index contributed by atoms with van der Waals surface area (Å²) >= 11 is 0. The van der Waals surface area contributed by atoms with E-state index in [0.29, 0.717) is 12.1 Å². The van der Waals surface area contributed by atoms with Crippen LogP contribution in [0.25, 0.3) is 0 Å². The fraction of sp³-hybridized carbons (Fsp3) is 0.562. The van der Waals surface area contributed by atoms with Crippen molar-refractivity contribution in [2.24, 2.45) is 4.99 Å². The minimum Gasteiger partial charge on any atom is -0.341 e. The molecule has 20 heavy (non-hydrogen) atoms. The first kappa shape index (κ1) is 15.6. The Kier molecular flexibility index (Phi) is 5.29. The Morgan fingerprint density at radius 2 is 1.55 bits per heavy atom. The van der Waals surface area contributed by atoms with E-state index in [1.807, 2.05) is 0 Å². The molecule has 2 atom stereocenters. The monoisotopic (exact) mass is 385 g/mol. The summed E-state index contributed by atoms with van der Waals surface area (Å²) in [6.07, 6.45) is 5.36. The van der Waals surface area contributed by atoms with Crippen LogP contribution < -0.4 is 0 Å². The molecule has 0 spiro atoms. The van der Waals surface area contributed by atoms with E-state index < -0.39 is 0 Å². The van der Waals surface area contributed by atoms with Gasteiger partial charge in [-0.2, -0.15) is 0 Å². The molecule has 110 valence electrons. The third-order valence-corrected chi connectivity index (χ3v) is 4.57. The molecule has 0 aromatic heterocycles. The van der Waals surface area contributed by atoms with Crippen molar-refractivity contribution in [1.29, 1.82) is 0 Å². The Bertz CT molecular complexity index is 440. The van der Waals surface area contributed by atoms with E-state index in [-0.39, 0.29) is 24.0 Å². The first-order valence-electron chi connectivity index (χ1n) is 7.31. The molecule has 1 aromatic rings. The van der Waals surface area contributed by atoms with Gasteiger partial charge in [-0.3, -0.25) is 0 Å². The molecule has 0 N–H and O–H groups in total. The summed E-state index contributed by atoms with van der Waals surface area (Å²) in [6, 6.07) is 11.9. The third-order valence-electron chi connectivity index (χ3n) is 4.57. The second kappa shape index (κ2) is 6.78. The Balaban J connectivity index is 0.00000147. The molecule has 0 bridgehead atoms. The number of nitrogens with zero attached hydrogens (tertiary/aromatic N) is 3. The highest BCUT2D eigenvalue weighted by Gasteiger charge is 2.41. The van der Waals surface area contributed by atoms with Crippen LogP contribution in [0.15, 0.2) is 35.3 Å². The van der Waals surface area contributed by atoms with Crippen LogP contribution in [-0.2, 0) is 6.54 Å². The molecule has 1 heterocycles. The Morgan fingerprint density at radius 1 is 1.00 bits per heavy atom. The van der Waals surface area contributed by atoms with Gasteiger partial charge in [0, 0.05) is 14.1 Å². The van der Waals surface area contributed by atoms with Gasteiger partial charge in [0.1, 0.15) is 0 Å². The summed E-state index contributed by atoms with van der Waals surface area (Å²) in [7, 11) is 4.41. The van der Waals surface area contributed by atoms with Gasteiger partial charge in [0.05, 0.1) is 18.6 Å². The molecule has 3 rings (SSSR count). The molecule has 1 saturated carbocycles. The average molecular weight is 385 g/mol. The second-order valence-electron chi connectivity index (χ2n) is 5.74. The van der Waals surface area contributed by atoms with Gasteiger partial charge in [-0.25, -0.2) is 4.99 Å². The lowest BCUT2D eigenvalue weighted by atomic mass is 9.91. The first-order chi connectivity index (χ1) is 9.27. The highest BCUT2D eigenvalue weighted by Crippen LogP contribution is 2.32. The molecule has 1 aromatic carbocycles. The number of hydrogen-bond acceptors (Lipinski definition) is 1. The van der Waals surface area contributed by atoms with E-state index in [4.69, 9.17) is 4.99 Å². The molecule has 3 nitrogen and oxygen atoms in total. The van der Waals surface area contributed by atoms with Crippen LogP contribution in [0.2, 0.25) is 0 Å². The molecule has 1 aliphatic heterocycles. The van der Waals surface area contributed by atoms with Gasteiger partial charge in [-0.1, -0.05) is 43.2 Å². The van der Waals surface area contributed by atoms with Crippen molar-refractivity contribution < 1.29 is 0 Å². The summed E-state index contributed by atoms with van der Waals surface area (Å²) in [5.41, 5.74) is 1.28. The number of guanidine groups is 1. The summed E-state index contributed by atoms with van der Waals surface area (Å²) in [5, 5.41) is 0. The topological polar surface area (TPSA) is 18.8 Å². The van der Waals surface area contributed by atoms with E-state index >= 15 is 0 Å². The van der Waals surface area contributed by atoms with Crippen molar-refractivity contribution in [3.63, 3.8) is 0 Å². The quantitative estimate of drug-likeness (QED) is 0.728. The lowest BCUT2D eigenvalue weighted by molar-refractivity contribution is 0.233. The van der Waals surface area contributed by atoms with Crippen molar-refractivity contribution in [2.75, 3.05) is 14.1 Å². The molecular weight excluding hydrogens is 361 g/mol. The fourth-order valence-corrected chi connectivity index (χ4v) is 3.51. The maximum Gasteiger partial charge on any atom is 0.197 e. The van der Waals surface area contributed by atoms with Crippen molar-refractivity contribution >= 4 is 29.9 Å². The van der Waals surface area contributed by atoms with Crippen molar-refractivity contribution in [1.82, 2.24) is 9.80 Å². The zero-order valence-corrected chi connectivity index (χ0v) is 14.7. The van der Waals surface area contributed by atoms with E-state index in [1.54, 1.807) is 0 Å². The molecule has 0 radical (unpaired) electrons. The van der Waals surface area contributed by atoms with Gasteiger partial charge >= 0.3 is 0 Å². The number of benzene rings is 1. The number of fused-ring (bicyclic) bond motifs is 1. The van der Waals surface area contributed by atoms with Crippen molar-refractivity contribution in [2.45, 2.75) is 44.3 Å². The normalized spacial score (nSPS) is 25.2. The van der Waals surface area contributed by atoms with Gasteiger partial charge in [0.2, 0.25) is 0 Å². The van der Waals surface area contributed by atoms with Crippen LogP contribution in [0, 0.1) is 0 Å². The van der Waals surface area contributed by atoms with Crippen LogP contribution in [-0.4, -0.2) is 41.9 Å². The zero-order chi connectivity index (χ0) is 13.2. The molecule has 0 amide bonds. The van der Waals surface area contributed by atoms with E-state index in [0.717, 1.165) is 6.54 Å². The lowest BCUT2D eigenvalue weighted by Gasteiger charge is -2.29. The molecule has 2 aliphatic rings. The van der Waals surface area contributed by atoms with Crippen molar-refractivity contribution in [3.8, 4) is 0 Å². The van der Waals surface area contributed by atoms with Crippen LogP contribution in [0.3, 0.4) is 0 Å². The average Bonchev–Trinajstić information content (AvgIpc) is 2.71. The summed E-state index contributed by atoms with van der Waals surface area (Å²) in [6.45, 7) is 0.782. The van der Waals surface area contributed by atoms with Crippen molar-refractivity contribution in [3.05, 3.63) is 35.9 Å². The first-order valence-corrected chi connectivity index (χ1v) is 7.31. The third kappa shape index (κ3) is 2.95. The molecular formula is C16H24IN3. The van der Waals surface area contributed by atoms with E-state index in [9.17, 15) is 0 Å². The zero-order valence-electron chi connectivity index (χ0n) is 12.3. The van der Waals surface area contributed by atoms with Crippen LogP contribution in [0.5, 0.6) is 0 Å². The Hall–Kier alpha value is -0.780. The maximum absolute atomic E-state index is 4.85. The summed E-state index contributed by atoms with van der Waals surface area (Å²) in [4.78, 5) is 9.64. The van der Waals surface area contributed by atoms with Gasteiger partial charge in [0.25, 0.3) is 0 Å². The standard InChI is InChI=1S/C16H23N3.HI/c1-18-14-10-6-7-11-15(14)19(2)16(18)17-12-13-8-4-3-5-9-13;/h3-5,8-9,14-15H,6-7,10-12H2,1-2H3;1H. The van der Waals surface area contributed by atoms with E-state index in [2.05, 4.69) is 54.2 Å². The Labute approximate surface area is 139 Å². The lowest BCUT2D eigenvalue weighted by Crippen LogP contribution is -2.37. The van der Waals surface area contributed by atoms with Gasteiger partial charge < -0.3 is 9.80 Å². The molecule has 2 unspecified atom stereocenters. The van der Waals surface area contributed by atoms with Gasteiger partial charge in [0.15, 0.2) is 5.96 Å². The predicted octanol–water partition coefficient (Wildman–Crippen LogP) is 3.35. The fourth-order valence-electron chi connectivity index (χ4n) is 3.51. The molecule has 2 fully saturated rings. The highest BCUT2D eigenvalue weighted by molar-refractivity contribution is 14.0. The number of aliphatic imine (C=N–C) groups is 1. The SMILES string of the molecule is CN1C(=NCc2ccccc2)N(C)C2CCCCC21.I. The van der Waals surface area contributed by atoms with Crippen LogP contribution >= 0.6 is 24.0 Å². The number of hydrogen-bond donors (Lipinski definition) is 0. The number of likely N-dealkylation sites (N-methyl/N-ethyl adjacent to an activating group) is 2. The minimum absolute atomic E-state index is 0. The predicted molar refractivity (Wildman–Crippen MR) is 94.6 cm³/mol. The number of rotatable bonds is 2. The summed E-state index contributed by atoms with van der Waals surface area (Å²) < 4.78 is 0. The highest BCUT2D eigenvalue weighted by atomic mass is 127. The molecule has 1 saturated heterocycles. The second-order valence-corrected chi connectivity index (χ2v) is 5.74. The summed E-state index contributed by atoms with van der Waals surface area (Å²) in [5.74, 6) is 1.17. The smallest absolute Gasteiger partial charge is 0.197 e. The maximum atomic E-state index is 4.85. The number of halogens is 1. The Morgan fingerprint density at radius 3 is 2.10 bits per heavy atom. The van der Waals surface area contributed by atoms with E-state index in [1.165, 1.54) is 37.2 Å². The van der Waals surface area contributed by atoms with Gasteiger partial charge in [-0.15, -0.1) is 24.0 Å². The minimum atomic E-state index is 0. The van der Waals surface area contributed by atoms with Gasteiger partial charge in [-0.05, 0) is 18.4 Å². The molecule has 1 aliphatic carbocycles. The van der Waals surface area contributed by atoms with Crippen LogP contribution in [0.1, 0.15) is 31.2 Å². The largest absolute Gasteiger partial charge is 0.341 e. The van der Waals surface area contributed by atoms with Crippen LogP contribution in [0.4, 0.5) is 0 Å².